The standard InChI is InChI=1S/C20H27N3O4/c1-5-23(6-2)13-9-7-12(8-10-13)15-16-14(21-22-18(16)24)11-20(3,26)17(15)19(25)27-4/h7-10,15,17,26H,5-6,11H2,1-4H3,(H2,21,22,24)/t15-,17+,20+/m1/s1. The number of anilines is 1. The third-order valence-electron chi connectivity index (χ3n) is 5.58. The first-order valence-corrected chi connectivity index (χ1v) is 9.28. The highest BCUT2D eigenvalue weighted by atomic mass is 16.5. The molecule has 7 heteroatoms. The second kappa shape index (κ2) is 7.23. The number of aromatic amines is 2. The molecule has 1 aromatic carbocycles. The van der Waals surface area contributed by atoms with Crippen LogP contribution >= 0.6 is 0 Å². The maximum atomic E-state index is 12.6. The van der Waals surface area contributed by atoms with Gasteiger partial charge < -0.3 is 19.8 Å². The van der Waals surface area contributed by atoms with Crippen molar-refractivity contribution in [3.63, 3.8) is 0 Å². The second-order valence-electron chi connectivity index (χ2n) is 7.25. The summed E-state index contributed by atoms with van der Waals surface area (Å²) in [6.07, 6.45) is 0.175. The summed E-state index contributed by atoms with van der Waals surface area (Å²) in [5.41, 5.74) is 1.38. The predicted octanol–water partition coefficient (Wildman–Crippen LogP) is 1.78. The van der Waals surface area contributed by atoms with E-state index in [9.17, 15) is 14.7 Å². The Bertz CT molecular complexity index is 862. The summed E-state index contributed by atoms with van der Waals surface area (Å²) >= 11 is 0. The molecule has 1 aliphatic carbocycles. The van der Waals surface area contributed by atoms with Gasteiger partial charge in [-0.2, -0.15) is 0 Å². The molecule has 0 amide bonds. The SMILES string of the molecule is CCN(CC)c1ccc([C@@H]2c3c([nH][nH]c3=O)C[C@](C)(O)[C@@H]2C(=O)OC)cc1. The number of methoxy groups -OCH3 is 1. The van der Waals surface area contributed by atoms with Crippen LogP contribution in [-0.4, -0.2) is 47.1 Å². The van der Waals surface area contributed by atoms with Crippen LogP contribution in [-0.2, 0) is 16.0 Å². The number of carbonyl (C=O) groups excluding carboxylic acids is 1. The lowest BCUT2D eigenvalue weighted by Crippen LogP contribution is -2.49. The van der Waals surface area contributed by atoms with Crippen molar-refractivity contribution in [2.75, 3.05) is 25.1 Å². The summed E-state index contributed by atoms with van der Waals surface area (Å²) in [4.78, 5) is 27.2. The first-order chi connectivity index (χ1) is 12.8. The Hall–Kier alpha value is -2.54. The van der Waals surface area contributed by atoms with Gasteiger partial charge in [-0.1, -0.05) is 12.1 Å². The first kappa shape index (κ1) is 19.2. The summed E-state index contributed by atoms with van der Waals surface area (Å²) in [6.45, 7) is 7.57. The Morgan fingerprint density at radius 3 is 2.44 bits per heavy atom. The minimum absolute atomic E-state index is 0.175. The van der Waals surface area contributed by atoms with Crippen molar-refractivity contribution in [2.24, 2.45) is 5.92 Å². The van der Waals surface area contributed by atoms with Crippen molar-refractivity contribution in [3.05, 3.63) is 51.4 Å². The molecular formula is C20H27N3O4. The number of rotatable bonds is 5. The third kappa shape index (κ3) is 3.27. The lowest BCUT2D eigenvalue weighted by atomic mass is 9.66. The van der Waals surface area contributed by atoms with E-state index in [0.29, 0.717) is 11.3 Å². The number of ether oxygens (including phenoxy) is 1. The number of aromatic nitrogens is 2. The van der Waals surface area contributed by atoms with Gasteiger partial charge in [0.05, 0.1) is 18.6 Å². The summed E-state index contributed by atoms with van der Waals surface area (Å²) < 4.78 is 4.98. The van der Waals surface area contributed by atoms with Gasteiger partial charge in [0.25, 0.3) is 5.56 Å². The highest BCUT2D eigenvalue weighted by molar-refractivity contribution is 5.77. The van der Waals surface area contributed by atoms with Gasteiger partial charge in [-0.15, -0.1) is 0 Å². The molecule has 0 saturated carbocycles. The molecule has 0 bridgehead atoms. The van der Waals surface area contributed by atoms with E-state index in [0.717, 1.165) is 24.3 Å². The number of hydrogen-bond donors (Lipinski definition) is 3. The van der Waals surface area contributed by atoms with E-state index in [1.165, 1.54) is 7.11 Å². The zero-order chi connectivity index (χ0) is 19.8. The molecule has 1 aromatic heterocycles. The number of nitrogens with one attached hydrogen (secondary N) is 2. The molecule has 3 N–H and O–H groups in total. The summed E-state index contributed by atoms with van der Waals surface area (Å²) in [5, 5.41) is 16.4. The summed E-state index contributed by atoms with van der Waals surface area (Å²) in [6, 6.07) is 7.82. The Balaban J connectivity index is 2.13. The molecule has 1 heterocycles. The number of benzene rings is 1. The van der Waals surface area contributed by atoms with E-state index in [1.54, 1.807) is 6.92 Å². The fourth-order valence-electron chi connectivity index (χ4n) is 4.22. The molecule has 2 aromatic rings. The molecule has 1 aliphatic rings. The highest BCUT2D eigenvalue weighted by Crippen LogP contribution is 2.44. The number of carbonyl (C=O) groups is 1. The average Bonchev–Trinajstić information content (AvgIpc) is 3.00. The summed E-state index contributed by atoms with van der Waals surface area (Å²) in [7, 11) is 1.30. The van der Waals surface area contributed by atoms with Crippen molar-refractivity contribution < 1.29 is 14.6 Å². The van der Waals surface area contributed by atoms with Gasteiger partial charge >= 0.3 is 5.97 Å². The van der Waals surface area contributed by atoms with Crippen molar-refractivity contribution in [1.29, 1.82) is 0 Å². The molecule has 3 atom stereocenters. The highest BCUT2D eigenvalue weighted by Gasteiger charge is 2.51. The van der Waals surface area contributed by atoms with Crippen molar-refractivity contribution >= 4 is 11.7 Å². The van der Waals surface area contributed by atoms with Crippen molar-refractivity contribution in [2.45, 2.75) is 38.7 Å². The average molecular weight is 373 g/mol. The second-order valence-corrected chi connectivity index (χ2v) is 7.25. The maximum absolute atomic E-state index is 12.6. The van der Waals surface area contributed by atoms with Crippen molar-refractivity contribution in [1.82, 2.24) is 10.2 Å². The van der Waals surface area contributed by atoms with E-state index in [1.807, 2.05) is 24.3 Å². The molecule has 3 rings (SSSR count). The monoisotopic (exact) mass is 373 g/mol. The Morgan fingerprint density at radius 2 is 1.89 bits per heavy atom. The van der Waals surface area contributed by atoms with Crippen LogP contribution < -0.4 is 10.5 Å². The van der Waals surface area contributed by atoms with Crippen molar-refractivity contribution in [3.8, 4) is 0 Å². The lowest BCUT2D eigenvalue weighted by Gasteiger charge is -2.40. The normalized spacial score (nSPS) is 24.3. The minimum atomic E-state index is -1.34. The van der Waals surface area contributed by atoms with Gasteiger partial charge in [0.1, 0.15) is 0 Å². The van der Waals surface area contributed by atoms with Crippen LogP contribution in [0.25, 0.3) is 0 Å². The maximum Gasteiger partial charge on any atom is 0.312 e. The fraction of sp³-hybridized carbons (Fsp3) is 0.500. The van der Waals surface area contributed by atoms with E-state index in [4.69, 9.17) is 4.74 Å². The van der Waals surface area contributed by atoms with Gasteiger partial charge in [-0.25, -0.2) is 0 Å². The number of aliphatic hydroxyl groups is 1. The van der Waals surface area contributed by atoms with Crippen LogP contribution in [0.2, 0.25) is 0 Å². The van der Waals surface area contributed by atoms with Gasteiger partial charge in [0.15, 0.2) is 0 Å². The lowest BCUT2D eigenvalue weighted by molar-refractivity contribution is -0.156. The van der Waals surface area contributed by atoms with E-state index in [2.05, 4.69) is 28.9 Å². The molecule has 146 valence electrons. The molecular weight excluding hydrogens is 346 g/mol. The molecule has 0 unspecified atom stereocenters. The number of nitrogens with zero attached hydrogens (tertiary/aromatic N) is 1. The summed E-state index contributed by atoms with van der Waals surface area (Å²) in [5.74, 6) is -1.98. The smallest absolute Gasteiger partial charge is 0.312 e. The van der Waals surface area contributed by atoms with E-state index in [-0.39, 0.29) is 12.0 Å². The molecule has 27 heavy (non-hydrogen) atoms. The van der Waals surface area contributed by atoms with Gasteiger partial charge in [-0.3, -0.25) is 14.7 Å². The molecule has 0 aliphatic heterocycles. The van der Waals surface area contributed by atoms with Crippen LogP contribution in [0.15, 0.2) is 29.1 Å². The number of fused-ring (bicyclic) bond motifs is 1. The third-order valence-corrected chi connectivity index (χ3v) is 5.58. The van der Waals surface area contributed by atoms with Gasteiger partial charge in [-0.05, 0) is 38.5 Å². The topological polar surface area (TPSA) is 98.4 Å². The Morgan fingerprint density at radius 1 is 1.26 bits per heavy atom. The quantitative estimate of drug-likeness (QED) is 0.694. The Labute approximate surface area is 158 Å². The van der Waals surface area contributed by atoms with Crippen LogP contribution in [0.5, 0.6) is 0 Å². The fourth-order valence-corrected chi connectivity index (χ4v) is 4.22. The molecule has 0 saturated heterocycles. The zero-order valence-corrected chi connectivity index (χ0v) is 16.2. The Kier molecular flexibility index (Phi) is 5.15. The molecule has 7 nitrogen and oxygen atoms in total. The number of H-pyrrole nitrogens is 2. The van der Waals surface area contributed by atoms with Crippen LogP contribution in [0.3, 0.4) is 0 Å². The number of esters is 1. The van der Waals surface area contributed by atoms with Crippen LogP contribution in [0.1, 0.15) is 43.5 Å². The largest absolute Gasteiger partial charge is 0.469 e. The zero-order valence-electron chi connectivity index (χ0n) is 16.2. The molecule has 0 fully saturated rings. The van der Waals surface area contributed by atoms with E-state index < -0.39 is 23.4 Å². The van der Waals surface area contributed by atoms with Gasteiger partial charge in [0, 0.05) is 42.4 Å². The van der Waals surface area contributed by atoms with E-state index >= 15 is 0 Å². The number of hydrogen-bond acceptors (Lipinski definition) is 5. The predicted molar refractivity (Wildman–Crippen MR) is 103 cm³/mol. The van der Waals surface area contributed by atoms with Crippen LogP contribution in [0, 0.1) is 5.92 Å². The molecule has 0 radical (unpaired) electrons. The van der Waals surface area contributed by atoms with Crippen LogP contribution in [0.4, 0.5) is 5.69 Å². The first-order valence-electron chi connectivity index (χ1n) is 9.28. The molecule has 0 spiro atoms. The van der Waals surface area contributed by atoms with Gasteiger partial charge in [0.2, 0.25) is 0 Å². The minimum Gasteiger partial charge on any atom is -0.469 e.